The van der Waals surface area contributed by atoms with Crippen LogP contribution in [0.2, 0.25) is 0 Å². The molecule has 4 rings (SSSR count). The minimum atomic E-state index is -0.439. The molecule has 1 aliphatic rings. The van der Waals surface area contributed by atoms with Crippen molar-refractivity contribution in [2.75, 3.05) is 39.9 Å². The summed E-state index contributed by atoms with van der Waals surface area (Å²) < 4.78 is 26.5. The number of aryl methyl sites for hydroxylation is 1. The lowest BCUT2D eigenvalue weighted by Crippen LogP contribution is -2.48. The van der Waals surface area contributed by atoms with Gasteiger partial charge in [-0.05, 0) is 83.9 Å². The van der Waals surface area contributed by atoms with E-state index >= 15 is 0 Å². The highest BCUT2D eigenvalue weighted by atomic mass is 16.5. The van der Waals surface area contributed by atoms with E-state index < -0.39 is 5.63 Å². The molecule has 0 fully saturated rings. The summed E-state index contributed by atoms with van der Waals surface area (Å²) in [6, 6.07) is 3.58. The van der Waals surface area contributed by atoms with Gasteiger partial charge in [0.1, 0.15) is 11.3 Å². The lowest BCUT2D eigenvalue weighted by molar-refractivity contribution is -0.923. The predicted octanol–water partition coefficient (Wildman–Crippen LogP) is 7.06. The molecule has 3 heterocycles. The topological polar surface area (TPSA) is 88.6 Å². The fourth-order valence-corrected chi connectivity index (χ4v) is 6.43. The Hall–Kier alpha value is -2.91. The Labute approximate surface area is 263 Å². The molecule has 44 heavy (non-hydrogen) atoms. The predicted molar refractivity (Wildman–Crippen MR) is 175 cm³/mol. The van der Waals surface area contributed by atoms with E-state index in [0.29, 0.717) is 30.2 Å². The number of fused-ring (bicyclic) bond motifs is 2. The van der Waals surface area contributed by atoms with E-state index in [-0.39, 0.29) is 5.60 Å². The molecule has 0 spiro atoms. The van der Waals surface area contributed by atoms with Gasteiger partial charge in [0.15, 0.2) is 11.3 Å². The molecule has 1 aromatic carbocycles. The van der Waals surface area contributed by atoms with Crippen molar-refractivity contribution in [3.63, 3.8) is 0 Å². The van der Waals surface area contributed by atoms with Crippen LogP contribution in [0.1, 0.15) is 109 Å². The molecule has 0 N–H and O–H groups in total. The van der Waals surface area contributed by atoms with Crippen molar-refractivity contribution in [1.29, 1.82) is 0 Å². The largest absolute Gasteiger partial charge is 0.490 e. The number of aromatic nitrogens is 3. The maximum atomic E-state index is 12.5. The fraction of sp³-hybridized carbons (Fsp3) is 0.686. The van der Waals surface area contributed by atoms with E-state index in [1.54, 1.807) is 11.8 Å². The van der Waals surface area contributed by atoms with Crippen molar-refractivity contribution in [3.05, 3.63) is 45.6 Å². The van der Waals surface area contributed by atoms with Crippen LogP contribution < -0.4 is 15.1 Å². The third-order valence-corrected chi connectivity index (χ3v) is 9.54. The van der Waals surface area contributed by atoms with Crippen LogP contribution in [0.15, 0.2) is 27.5 Å². The molecule has 244 valence electrons. The number of benzene rings is 1. The van der Waals surface area contributed by atoms with Gasteiger partial charge in [0, 0.05) is 18.1 Å². The Morgan fingerprint density at radius 2 is 1.66 bits per heavy atom. The van der Waals surface area contributed by atoms with Crippen LogP contribution in [0, 0.1) is 0 Å². The minimum Gasteiger partial charge on any atom is -0.490 e. The molecule has 3 aromatic rings. The average Bonchev–Trinajstić information content (AvgIpc) is 3.45. The highest BCUT2D eigenvalue weighted by molar-refractivity contribution is 5.89. The molecule has 0 saturated carbocycles. The van der Waals surface area contributed by atoms with Gasteiger partial charge >= 0.3 is 5.63 Å². The SMILES string of the molecule is CC[N+](CC)(CC)CCCCCCCCCCOCc1cn(Cc2cc(=O)oc3c(OC)c4c(cc23)CCC(C)(C)O4)nn1. The highest BCUT2D eigenvalue weighted by Crippen LogP contribution is 2.45. The van der Waals surface area contributed by atoms with Gasteiger partial charge < -0.3 is 23.1 Å². The Kier molecular flexibility index (Phi) is 12.3. The lowest BCUT2D eigenvalue weighted by atomic mass is 9.92. The van der Waals surface area contributed by atoms with Crippen LogP contribution in [-0.4, -0.2) is 65.0 Å². The number of methoxy groups -OCH3 is 1. The maximum Gasteiger partial charge on any atom is 0.336 e. The summed E-state index contributed by atoms with van der Waals surface area (Å²) in [6.45, 7) is 17.7. The number of unbranched alkanes of at least 4 members (excludes halogenated alkanes) is 7. The van der Waals surface area contributed by atoms with Crippen LogP contribution in [0.5, 0.6) is 11.5 Å². The zero-order valence-electron chi connectivity index (χ0n) is 28.1. The normalized spacial score (nSPS) is 14.5. The van der Waals surface area contributed by atoms with Crippen LogP contribution >= 0.6 is 0 Å². The second-order valence-corrected chi connectivity index (χ2v) is 13.0. The van der Waals surface area contributed by atoms with Gasteiger partial charge in [-0.3, -0.25) is 0 Å². The first kappa shape index (κ1) is 34.0. The zero-order valence-corrected chi connectivity index (χ0v) is 28.1. The fourth-order valence-electron chi connectivity index (χ4n) is 6.43. The standard InChI is InChI=1S/C35H55N4O5/c1-7-39(8-2,9-3)20-16-14-12-10-11-13-15-17-21-42-26-29-25-38(37-36-29)24-28-23-31(40)43-33-30(28)22-27-18-19-35(4,5)44-32(27)34(33)41-6/h22-23,25H,7-21,24,26H2,1-6H3/q+1. The molecule has 0 aliphatic carbocycles. The van der Waals surface area contributed by atoms with Crippen molar-refractivity contribution in [1.82, 2.24) is 15.0 Å². The molecule has 1 aliphatic heterocycles. The number of hydrogen-bond acceptors (Lipinski definition) is 7. The van der Waals surface area contributed by atoms with Gasteiger partial charge in [-0.2, -0.15) is 0 Å². The second-order valence-electron chi connectivity index (χ2n) is 13.0. The number of nitrogens with zero attached hydrogens (tertiary/aromatic N) is 4. The smallest absolute Gasteiger partial charge is 0.336 e. The molecule has 9 heteroatoms. The molecular weight excluding hydrogens is 556 g/mol. The number of rotatable bonds is 19. The maximum absolute atomic E-state index is 12.5. The first-order chi connectivity index (χ1) is 21.2. The lowest BCUT2D eigenvalue weighted by Gasteiger charge is -2.35. The third kappa shape index (κ3) is 8.84. The molecular formula is C35H55N4O5+. The van der Waals surface area contributed by atoms with Gasteiger partial charge in [-0.1, -0.05) is 37.3 Å². The first-order valence-electron chi connectivity index (χ1n) is 16.9. The highest BCUT2D eigenvalue weighted by Gasteiger charge is 2.31. The molecule has 0 atom stereocenters. The van der Waals surface area contributed by atoms with Gasteiger partial charge in [-0.15, -0.1) is 5.10 Å². The van der Waals surface area contributed by atoms with E-state index in [1.807, 2.05) is 6.20 Å². The van der Waals surface area contributed by atoms with Crippen molar-refractivity contribution < 1.29 is 23.1 Å². The van der Waals surface area contributed by atoms with Gasteiger partial charge in [0.25, 0.3) is 0 Å². The zero-order chi connectivity index (χ0) is 31.6. The quantitative estimate of drug-likeness (QED) is 0.0815. The monoisotopic (exact) mass is 611 g/mol. The van der Waals surface area contributed by atoms with Crippen molar-refractivity contribution >= 4 is 11.0 Å². The first-order valence-corrected chi connectivity index (χ1v) is 16.9. The molecule has 0 amide bonds. The minimum absolute atomic E-state index is 0.310. The van der Waals surface area contributed by atoms with E-state index in [1.165, 1.54) is 81.7 Å². The van der Waals surface area contributed by atoms with Crippen LogP contribution in [-0.2, 0) is 24.3 Å². The van der Waals surface area contributed by atoms with Crippen molar-refractivity contribution in [3.8, 4) is 11.5 Å². The third-order valence-electron chi connectivity index (χ3n) is 9.54. The summed E-state index contributed by atoms with van der Waals surface area (Å²) in [5.74, 6) is 1.12. The molecule has 0 radical (unpaired) electrons. The average molecular weight is 612 g/mol. The van der Waals surface area contributed by atoms with Crippen molar-refractivity contribution in [2.45, 2.75) is 118 Å². The Bertz CT molecular complexity index is 1380. The van der Waals surface area contributed by atoms with Gasteiger partial charge in [0.2, 0.25) is 5.75 Å². The summed E-state index contributed by atoms with van der Waals surface area (Å²) in [7, 11) is 1.58. The molecule has 0 saturated heterocycles. The van der Waals surface area contributed by atoms with Crippen LogP contribution in [0.3, 0.4) is 0 Å². The second kappa shape index (κ2) is 15.9. The van der Waals surface area contributed by atoms with Crippen LogP contribution in [0.25, 0.3) is 11.0 Å². The molecule has 0 bridgehead atoms. The summed E-state index contributed by atoms with van der Waals surface area (Å²) >= 11 is 0. The van der Waals surface area contributed by atoms with E-state index in [2.05, 4.69) is 51.0 Å². The van der Waals surface area contributed by atoms with Gasteiger partial charge in [-0.25, -0.2) is 9.48 Å². The Morgan fingerprint density at radius 3 is 2.34 bits per heavy atom. The van der Waals surface area contributed by atoms with Crippen molar-refractivity contribution in [2.24, 2.45) is 0 Å². The number of quaternary nitrogens is 1. The summed E-state index contributed by atoms with van der Waals surface area (Å²) in [4.78, 5) is 12.5. The van der Waals surface area contributed by atoms with Crippen LogP contribution in [0.4, 0.5) is 0 Å². The van der Waals surface area contributed by atoms with E-state index in [4.69, 9.17) is 18.6 Å². The Balaban J connectivity index is 1.19. The summed E-state index contributed by atoms with van der Waals surface area (Å²) in [5.41, 5.74) is 2.28. The molecule has 0 unspecified atom stereocenters. The van der Waals surface area contributed by atoms with E-state index in [9.17, 15) is 4.79 Å². The summed E-state index contributed by atoms with van der Waals surface area (Å²) in [5, 5.41) is 9.40. The molecule has 2 aromatic heterocycles. The Morgan fingerprint density at radius 1 is 0.977 bits per heavy atom. The molecule has 9 nitrogen and oxygen atoms in total. The number of hydrogen-bond donors (Lipinski definition) is 0. The number of ether oxygens (including phenoxy) is 3. The van der Waals surface area contributed by atoms with E-state index in [0.717, 1.165) is 48.1 Å². The summed E-state index contributed by atoms with van der Waals surface area (Å²) in [6.07, 6.45) is 13.9. The van der Waals surface area contributed by atoms with Gasteiger partial charge in [0.05, 0.1) is 52.6 Å².